The number of halogens is 1. The number of hydrogen-bond donors (Lipinski definition) is 0. The summed E-state index contributed by atoms with van der Waals surface area (Å²) in [7, 11) is 1.78. The van der Waals surface area contributed by atoms with Crippen LogP contribution in [0.4, 0.5) is 4.39 Å². The Bertz CT molecular complexity index is 1220. The smallest absolute Gasteiger partial charge is 0.245 e. The maximum atomic E-state index is 15.2. The predicted molar refractivity (Wildman–Crippen MR) is 158 cm³/mol. The van der Waals surface area contributed by atoms with Gasteiger partial charge in [0.15, 0.2) is 0 Å². The molecule has 0 heterocycles. The Morgan fingerprint density at radius 2 is 1.58 bits per heavy atom. The second-order valence-electron chi connectivity index (χ2n) is 10.7. The third-order valence-electron chi connectivity index (χ3n) is 8.09. The van der Waals surface area contributed by atoms with Crippen LogP contribution in [0.1, 0.15) is 62.0 Å². The van der Waals surface area contributed by atoms with E-state index in [4.69, 9.17) is 0 Å². The van der Waals surface area contributed by atoms with E-state index in [1.54, 1.807) is 18.0 Å². The summed E-state index contributed by atoms with van der Waals surface area (Å²) in [6, 6.07) is 22.3. The van der Waals surface area contributed by atoms with Crippen molar-refractivity contribution in [2.45, 2.75) is 57.3 Å². The molecular weight excluding hydrogens is 469 g/mol. The molecule has 38 heavy (non-hydrogen) atoms. The van der Waals surface area contributed by atoms with Crippen LogP contribution in [0.2, 0.25) is 0 Å². The number of aryl methyl sites for hydroxylation is 1. The lowest BCUT2D eigenvalue weighted by molar-refractivity contribution is -0.124. The normalized spacial score (nSPS) is 17.1. The van der Waals surface area contributed by atoms with Crippen LogP contribution in [0, 0.1) is 11.7 Å². The third kappa shape index (κ3) is 7.10. The van der Waals surface area contributed by atoms with Crippen LogP contribution in [0.5, 0.6) is 0 Å². The van der Waals surface area contributed by atoms with Crippen molar-refractivity contribution in [3.63, 3.8) is 0 Å². The van der Waals surface area contributed by atoms with Crippen LogP contribution in [0.15, 0.2) is 92.0 Å². The summed E-state index contributed by atoms with van der Waals surface area (Å²) >= 11 is 0. The molecule has 0 aromatic heterocycles. The Hall–Kier alpha value is -3.46. The van der Waals surface area contributed by atoms with Crippen molar-refractivity contribution < 1.29 is 9.18 Å². The zero-order valence-electron chi connectivity index (χ0n) is 22.7. The Balaban J connectivity index is 1.35. The molecule has 3 aromatic carbocycles. The third-order valence-corrected chi connectivity index (χ3v) is 8.09. The van der Waals surface area contributed by atoms with E-state index in [1.165, 1.54) is 49.3 Å². The van der Waals surface area contributed by atoms with E-state index in [-0.39, 0.29) is 11.7 Å². The molecule has 1 aliphatic carbocycles. The van der Waals surface area contributed by atoms with E-state index in [2.05, 4.69) is 37.4 Å². The van der Waals surface area contributed by atoms with E-state index in [9.17, 15) is 4.79 Å². The van der Waals surface area contributed by atoms with Gasteiger partial charge in [-0.2, -0.15) is 0 Å². The average Bonchev–Trinajstić information content (AvgIpc) is 2.96. The second-order valence-corrected chi connectivity index (χ2v) is 10.7. The number of carbonyl (C=O) groups is 1. The number of hydrogen-bond acceptors (Lipinski definition) is 1. The van der Waals surface area contributed by atoms with Gasteiger partial charge in [0.2, 0.25) is 5.91 Å². The predicted octanol–water partition coefficient (Wildman–Crippen LogP) is 8.98. The highest BCUT2D eigenvalue weighted by molar-refractivity contribution is 5.86. The minimum absolute atomic E-state index is 0.0624. The summed E-state index contributed by atoms with van der Waals surface area (Å²) in [5.74, 6) is 1.22. The quantitative estimate of drug-likeness (QED) is 0.187. The Labute approximate surface area is 227 Å². The van der Waals surface area contributed by atoms with Gasteiger partial charge in [0.25, 0.3) is 0 Å². The molecule has 0 aliphatic heterocycles. The first-order valence-electron chi connectivity index (χ1n) is 14.0. The highest BCUT2D eigenvalue weighted by Crippen LogP contribution is 2.38. The zero-order chi connectivity index (χ0) is 26.9. The summed E-state index contributed by atoms with van der Waals surface area (Å²) in [5, 5.41) is 0. The van der Waals surface area contributed by atoms with Crippen LogP contribution in [-0.2, 0) is 11.2 Å². The van der Waals surface area contributed by atoms with E-state index in [0.717, 1.165) is 41.9 Å². The molecule has 0 N–H and O–H groups in total. The summed E-state index contributed by atoms with van der Waals surface area (Å²) in [6.07, 6.45) is 12.6. The van der Waals surface area contributed by atoms with Crippen LogP contribution < -0.4 is 0 Å². The number of nitrogens with zero attached hydrogens (tertiary/aromatic N) is 1. The molecule has 198 valence electrons. The second kappa shape index (κ2) is 13.4. The zero-order valence-corrected chi connectivity index (χ0v) is 22.7. The van der Waals surface area contributed by atoms with Gasteiger partial charge in [-0.05, 0) is 103 Å². The topological polar surface area (TPSA) is 20.3 Å². The first-order chi connectivity index (χ1) is 18.5. The number of benzene rings is 3. The summed E-state index contributed by atoms with van der Waals surface area (Å²) in [4.78, 5) is 13.3. The molecule has 0 radical (unpaired) electrons. The summed E-state index contributed by atoms with van der Waals surface area (Å²) < 4.78 is 15.2. The van der Waals surface area contributed by atoms with Gasteiger partial charge >= 0.3 is 0 Å². The van der Waals surface area contributed by atoms with Gasteiger partial charge in [-0.15, -0.1) is 6.58 Å². The van der Waals surface area contributed by atoms with Crippen LogP contribution in [0.25, 0.3) is 22.3 Å². The van der Waals surface area contributed by atoms with E-state index < -0.39 is 0 Å². The molecule has 1 amide bonds. The van der Waals surface area contributed by atoms with Gasteiger partial charge in [-0.25, -0.2) is 4.39 Å². The van der Waals surface area contributed by atoms with E-state index in [1.807, 2.05) is 42.5 Å². The Kier molecular flexibility index (Phi) is 9.70. The number of amides is 1. The van der Waals surface area contributed by atoms with Gasteiger partial charge < -0.3 is 4.90 Å². The van der Waals surface area contributed by atoms with E-state index >= 15 is 4.39 Å². The molecule has 1 fully saturated rings. The lowest BCUT2D eigenvalue weighted by atomic mass is 9.77. The van der Waals surface area contributed by atoms with Gasteiger partial charge in [0.05, 0.1) is 0 Å². The largest absolute Gasteiger partial charge is 0.342 e. The molecular formula is C35H40FNO. The fraction of sp³-hybridized carbons (Fsp3) is 0.343. The fourth-order valence-corrected chi connectivity index (χ4v) is 5.65. The minimum atomic E-state index is -0.207. The van der Waals surface area contributed by atoms with Crippen molar-refractivity contribution in [1.82, 2.24) is 4.90 Å². The Morgan fingerprint density at radius 1 is 0.921 bits per heavy atom. The van der Waals surface area contributed by atoms with Crippen molar-refractivity contribution in [3.8, 4) is 22.3 Å². The van der Waals surface area contributed by atoms with E-state index in [0.29, 0.717) is 18.0 Å². The highest BCUT2D eigenvalue weighted by Gasteiger charge is 2.22. The first-order valence-corrected chi connectivity index (χ1v) is 14.0. The summed E-state index contributed by atoms with van der Waals surface area (Å²) in [5.41, 5.74) is 6.02. The van der Waals surface area contributed by atoms with Gasteiger partial charge in [-0.3, -0.25) is 4.79 Å². The maximum absolute atomic E-state index is 15.2. The molecule has 0 bridgehead atoms. The molecule has 0 saturated heterocycles. The number of rotatable bonds is 11. The fourth-order valence-electron chi connectivity index (χ4n) is 5.65. The van der Waals surface area contributed by atoms with Gasteiger partial charge in [-0.1, -0.05) is 73.3 Å². The monoisotopic (exact) mass is 509 g/mol. The average molecular weight is 510 g/mol. The van der Waals surface area contributed by atoms with Crippen molar-refractivity contribution >= 4 is 5.91 Å². The molecule has 0 atom stereocenters. The van der Waals surface area contributed by atoms with Gasteiger partial charge in [0, 0.05) is 19.2 Å². The molecule has 0 spiro atoms. The van der Waals surface area contributed by atoms with Crippen molar-refractivity contribution in [2.75, 3.05) is 13.6 Å². The summed E-state index contributed by atoms with van der Waals surface area (Å²) in [6.45, 7) is 8.06. The molecule has 3 heteroatoms. The first kappa shape index (κ1) is 27.6. The van der Waals surface area contributed by atoms with Crippen LogP contribution in [-0.4, -0.2) is 24.4 Å². The van der Waals surface area contributed by atoms with Gasteiger partial charge in [0.1, 0.15) is 5.82 Å². The van der Waals surface area contributed by atoms with Crippen molar-refractivity contribution in [3.05, 3.63) is 109 Å². The molecule has 0 unspecified atom stereocenters. The molecule has 1 aliphatic rings. The molecule has 4 rings (SSSR count). The molecule has 2 nitrogen and oxygen atoms in total. The lowest BCUT2D eigenvalue weighted by Gasteiger charge is -2.28. The van der Waals surface area contributed by atoms with Crippen molar-refractivity contribution in [2.24, 2.45) is 5.92 Å². The highest BCUT2D eigenvalue weighted by atomic mass is 19.1. The molecule has 1 saturated carbocycles. The Morgan fingerprint density at radius 3 is 2.21 bits per heavy atom. The SMILES string of the molecule is C=CCCC1CCC(c2ccc(-c3ccc(-c4ccc(CCCN(C)C(=O)C=C)cc4)c(F)c3)cc2)CC1. The van der Waals surface area contributed by atoms with Crippen LogP contribution >= 0.6 is 0 Å². The number of likely N-dealkylation sites (N-methyl/N-ethyl adjacent to an activating group) is 1. The minimum Gasteiger partial charge on any atom is -0.342 e. The van der Waals surface area contributed by atoms with Crippen LogP contribution in [0.3, 0.4) is 0 Å². The lowest BCUT2D eigenvalue weighted by Crippen LogP contribution is -2.25. The molecule has 3 aromatic rings. The maximum Gasteiger partial charge on any atom is 0.245 e. The van der Waals surface area contributed by atoms with Crippen molar-refractivity contribution in [1.29, 1.82) is 0 Å². The standard InChI is InChI=1S/C35H40FNO/c1-4-6-8-26-10-14-28(15-11-26)29-18-20-30(21-19-29)32-22-23-33(34(36)25-32)31-16-12-27(13-17-31)9-7-24-37(3)35(38)5-2/h4-5,12-13,16-23,25-26,28H,1-2,6-11,14-15,24H2,3H3. The number of carbonyl (C=O) groups excluding carboxylic acids is 1. The number of allylic oxidation sites excluding steroid dienone is 1.